The van der Waals surface area contributed by atoms with E-state index in [1.807, 2.05) is 66.5 Å². The molecule has 0 radical (unpaired) electrons. The first-order valence-electron chi connectivity index (χ1n) is 9.31. The van der Waals surface area contributed by atoms with Crippen LogP contribution < -0.4 is 9.47 Å². The number of halogens is 1. The number of ether oxygens (including phenoxy) is 2. The summed E-state index contributed by atoms with van der Waals surface area (Å²) in [5.74, 6) is 2.40. The van der Waals surface area contributed by atoms with E-state index in [1.54, 1.807) is 6.26 Å². The zero-order chi connectivity index (χ0) is 19.1. The molecule has 2 aliphatic heterocycles. The minimum Gasteiger partial charge on any atom is -0.494 e. The minimum absolute atomic E-state index is 0.0409. The van der Waals surface area contributed by atoms with Gasteiger partial charge in [-0.1, -0.05) is 11.6 Å². The first-order valence-corrected chi connectivity index (χ1v) is 9.69. The third-order valence-electron chi connectivity index (χ3n) is 5.04. The highest BCUT2D eigenvalue weighted by Crippen LogP contribution is 2.48. The molecule has 0 amide bonds. The van der Waals surface area contributed by atoms with Crippen molar-refractivity contribution in [3.8, 4) is 11.5 Å². The average molecular weight is 395 g/mol. The van der Waals surface area contributed by atoms with Gasteiger partial charge in [-0.2, -0.15) is 5.10 Å². The zero-order valence-corrected chi connectivity index (χ0v) is 16.1. The Morgan fingerprint density at radius 2 is 2.04 bits per heavy atom. The molecule has 5 nitrogen and oxygen atoms in total. The Morgan fingerprint density at radius 3 is 2.79 bits per heavy atom. The minimum atomic E-state index is -0.408. The van der Waals surface area contributed by atoms with E-state index in [9.17, 15) is 0 Å². The summed E-state index contributed by atoms with van der Waals surface area (Å²) in [6.07, 6.45) is 2.01. The smallest absolute Gasteiger partial charge is 0.246 e. The third kappa shape index (κ3) is 2.92. The van der Waals surface area contributed by atoms with E-state index in [4.69, 9.17) is 30.6 Å². The van der Waals surface area contributed by atoms with E-state index in [2.05, 4.69) is 0 Å². The fourth-order valence-electron chi connectivity index (χ4n) is 3.76. The number of hydrogen-bond acceptors (Lipinski definition) is 5. The van der Waals surface area contributed by atoms with Crippen molar-refractivity contribution in [2.24, 2.45) is 5.10 Å². The zero-order valence-electron chi connectivity index (χ0n) is 15.3. The number of rotatable bonds is 4. The number of furan rings is 1. The summed E-state index contributed by atoms with van der Waals surface area (Å²) in [6, 6.07) is 17.6. The van der Waals surface area contributed by atoms with Crippen LogP contribution in [0.5, 0.6) is 11.5 Å². The van der Waals surface area contributed by atoms with Crippen molar-refractivity contribution < 1.29 is 13.9 Å². The SMILES string of the molecule is CCOc1ccc(C2=NN3C(C2)c2cc(Cl)ccc2OC3c2ccco2)cc1. The van der Waals surface area contributed by atoms with Gasteiger partial charge in [0.1, 0.15) is 11.5 Å². The first kappa shape index (κ1) is 17.2. The predicted octanol–water partition coefficient (Wildman–Crippen LogP) is 5.57. The van der Waals surface area contributed by atoms with Crippen molar-refractivity contribution in [1.29, 1.82) is 0 Å². The molecule has 0 saturated heterocycles. The first-order chi connectivity index (χ1) is 13.7. The fraction of sp³-hybridized carbons (Fsp3) is 0.227. The lowest BCUT2D eigenvalue weighted by Crippen LogP contribution is -2.33. The van der Waals surface area contributed by atoms with Crippen LogP contribution in [0.3, 0.4) is 0 Å². The van der Waals surface area contributed by atoms with Crippen molar-refractivity contribution in [3.05, 3.63) is 82.8 Å². The highest BCUT2D eigenvalue weighted by Gasteiger charge is 2.42. The monoisotopic (exact) mass is 394 g/mol. The Labute approximate surface area is 168 Å². The molecule has 142 valence electrons. The van der Waals surface area contributed by atoms with Crippen molar-refractivity contribution in [2.45, 2.75) is 25.6 Å². The molecule has 3 aromatic rings. The molecule has 1 aromatic heterocycles. The topological polar surface area (TPSA) is 47.2 Å². The second-order valence-corrected chi connectivity index (χ2v) is 7.21. The summed E-state index contributed by atoms with van der Waals surface area (Å²) in [7, 11) is 0. The Balaban J connectivity index is 1.53. The Morgan fingerprint density at radius 1 is 1.18 bits per heavy atom. The van der Waals surface area contributed by atoms with Gasteiger partial charge in [-0.15, -0.1) is 0 Å². The highest BCUT2D eigenvalue weighted by molar-refractivity contribution is 6.30. The van der Waals surface area contributed by atoms with Crippen LogP contribution >= 0.6 is 11.6 Å². The van der Waals surface area contributed by atoms with E-state index in [1.165, 1.54) is 0 Å². The molecular formula is C22H19ClN2O3. The molecule has 0 bridgehead atoms. The van der Waals surface area contributed by atoms with Crippen LogP contribution in [-0.2, 0) is 0 Å². The molecular weight excluding hydrogens is 376 g/mol. The van der Waals surface area contributed by atoms with Crippen LogP contribution in [-0.4, -0.2) is 17.3 Å². The van der Waals surface area contributed by atoms with E-state index < -0.39 is 6.23 Å². The van der Waals surface area contributed by atoms with Crippen LogP contribution in [0.4, 0.5) is 0 Å². The summed E-state index contributed by atoms with van der Waals surface area (Å²) < 4.78 is 17.4. The summed E-state index contributed by atoms with van der Waals surface area (Å²) in [6.45, 7) is 2.63. The molecule has 3 heterocycles. The maximum absolute atomic E-state index is 6.26. The molecule has 2 unspecified atom stereocenters. The van der Waals surface area contributed by atoms with Gasteiger partial charge in [-0.05, 0) is 67.1 Å². The second-order valence-electron chi connectivity index (χ2n) is 6.77. The molecule has 0 fully saturated rings. The van der Waals surface area contributed by atoms with Crippen LogP contribution in [0.2, 0.25) is 5.02 Å². The van der Waals surface area contributed by atoms with Gasteiger partial charge in [0.05, 0.1) is 24.6 Å². The number of hydrogen-bond donors (Lipinski definition) is 0. The quantitative estimate of drug-likeness (QED) is 0.580. The number of benzene rings is 2. The van der Waals surface area contributed by atoms with Gasteiger partial charge in [0.2, 0.25) is 6.23 Å². The normalized spacial score (nSPS) is 20.2. The van der Waals surface area contributed by atoms with E-state index >= 15 is 0 Å². The summed E-state index contributed by atoms with van der Waals surface area (Å²) in [5.41, 5.74) is 3.11. The van der Waals surface area contributed by atoms with Gasteiger partial charge >= 0.3 is 0 Å². The summed E-state index contributed by atoms with van der Waals surface area (Å²) in [4.78, 5) is 0. The molecule has 2 atom stereocenters. The molecule has 0 spiro atoms. The molecule has 0 aliphatic carbocycles. The van der Waals surface area contributed by atoms with Crippen molar-refractivity contribution in [1.82, 2.24) is 5.01 Å². The number of fused-ring (bicyclic) bond motifs is 3. The van der Waals surface area contributed by atoms with Gasteiger partial charge in [0.25, 0.3) is 0 Å². The Bertz CT molecular complexity index is 1010. The molecule has 0 saturated carbocycles. The van der Waals surface area contributed by atoms with Crippen LogP contribution in [0.15, 0.2) is 70.4 Å². The highest BCUT2D eigenvalue weighted by atomic mass is 35.5. The second kappa shape index (κ2) is 6.91. The molecule has 0 N–H and O–H groups in total. The Kier molecular flexibility index (Phi) is 4.24. The lowest BCUT2D eigenvalue weighted by Gasteiger charge is -2.36. The van der Waals surface area contributed by atoms with E-state index in [0.29, 0.717) is 11.6 Å². The lowest BCUT2D eigenvalue weighted by atomic mass is 9.96. The standard InChI is InChI=1S/C22H19ClN2O3/c1-2-26-16-8-5-14(6-9-16)18-13-19-17-12-15(23)7-10-20(17)28-22(25(19)24-18)21-4-3-11-27-21/h3-12,19,22H,2,13H2,1H3. The molecule has 2 aromatic carbocycles. The van der Waals surface area contributed by atoms with Crippen LogP contribution in [0, 0.1) is 0 Å². The Hall–Kier alpha value is -2.92. The lowest BCUT2D eigenvalue weighted by molar-refractivity contribution is -0.0325. The van der Waals surface area contributed by atoms with Crippen LogP contribution in [0.1, 0.15) is 42.5 Å². The van der Waals surface area contributed by atoms with Crippen molar-refractivity contribution in [2.75, 3.05) is 6.61 Å². The van der Waals surface area contributed by atoms with E-state index in [0.717, 1.165) is 40.5 Å². The van der Waals surface area contributed by atoms with Gasteiger partial charge < -0.3 is 13.9 Å². The molecule has 5 rings (SSSR count). The van der Waals surface area contributed by atoms with Crippen molar-refractivity contribution in [3.63, 3.8) is 0 Å². The van der Waals surface area contributed by atoms with E-state index in [-0.39, 0.29) is 6.04 Å². The maximum Gasteiger partial charge on any atom is 0.246 e. The summed E-state index contributed by atoms with van der Waals surface area (Å²) >= 11 is 6.26. The van der Waals surface area contributed by atoms with Gasteiger partial charge in [0.15, 0.2) is 5.76 Å². The molecule has 2 aliphatic rings. The summed E-state index contributed by atoms with van der Waals surface area (Å²) in [5, 5.41) is 7.57. The third-order valence-corrected chi connectivity index (χ3v) is 5.27. The number of nitrogens with zero attached hydrogens (tertiary/aromatic N) is 2. The van der Waals surface area contributed by atoms with Crippen LogP contribution in [0.25, 0.3) is 0 Å². The predicted molar refractivity (Wildman–Crippen MR) is 107 cm³/mol. The average Bonchev–Trinajstić information content (AvgIpc) is 3.39. The fourth-order valence-corrected chi connectivity index (χ4v) is 3.94. The van der Waals surface area contributed by atoms with Crippen molar-refractivity contribution >= 4 is 17.3 Å². The molecule has 28 heavy (non-hydrogen) atoms. The largest absolute Gasteiger partial charge is 0.494 e. The van der Waals surface area contributed by atoms with Gasteiger partial charge in [-0.3, -0.25) is 0 Å². The number of hydrazone groups is 1. The molecule has 6 heteroatoms. The van der Waals surface area contributed by atoms with Gasteiger partial charge in [-0.25, -0.2) is 5.01 Å². The van der Waals surface area contributed by atoms with Gasteiger partial charge in [0, 0.05) is 17.0 Å². The maximum atomic E-state index is 6.26.